The van der Waals surface area contributed by atoms with Crippen LogP contribution in [0, 0.1) is 12.7 Å². The standard InChI is InChI=1S/C19H19FN4O2/c1-13-11-24(19(21)23-13)22-10-15-6-4-8-17(25-2)18(15)26-12-14-5-3-7-16(20)9-14/h3-11H,12H2,1-2H3,(H2,21,23). The first-order valence-corrected chi connectivity index (χ1v) is 7.97. The Hall–Kier alpha value is -3.35. The number of nitrogens with two attached hydrogens (primary N) is 1. The Bertz CT molecular complexity index is 937. The molecular weight excluding hydrogens is 335 g/mol. The van der Waals surface area contributed by atoms with Crippen molar-refractivity contribution in [2.45, 2.75) is 13.5 Å². The van der Waals surface area contributed by atoms with Crippen LogP contribution in [0.15, 0.2) is 53.8 Å². The van der Waals surface area contributed by atoms with Gasteiger partial charge in [0.25, 0.3) is 0 Å². The molecule has 2 N–H and O–H groups in total. The van der Waals surface area contributed by atoms with Crippen LogP contribution < -0.4 is 15.2 Å². The molecule has 0 atom stereocenters. The van der Waals surface area contributed by atoms with Crippen LogP contribution in [0.4, 0.5) is 10.3 Å². The number of imidazole rings is 1. The van der Waals surface area contributed by atoms with Crippen LogP contribution in [-0.2, 0) is 6.61 Å². The van der Waals surface area contributed by atoms with Crippen molar-refractivity contribution in [3.05, 3.63) is 71.3 Å². The number of methoxy groups -OCH3 is 1. The van der Waals surface area contributed by atoms with E-state index >= 15 is 0 Å². The number of aryl methyl sites for hydroxylation is 1. The average molecular weight is 354 g/mol. The van der Waals surface area contributed by atoms with Crippen LogP contribution in [0.2, 0.25) is 0 Å². The Kier molecular flexibility index (Phi) is 5.17. The van der Waals surface area contributed by atoms with Crippen LogP contribution in [0.3, 0.4) is 0 Å². The van der Waals surface area contributed by atoms with Gasteiger partial charge in [-0.25, -0.2) is 14.1 Å². The number of hydrogen-bond acceptors (Lipinski definition) is 5. The largest absolute Gasteiger partial charge is 0.493 e. The normalized spacial score (nSPS) is 11.0. The van der Waals surface area contributed by atoms with Gasteiger partial charge in [0.1, 0.15) is 12.4 Å². The number of rotatable bonds is 6. The van der Waals surface area contributed by atoms with E-state index in [1.54, 1.807) is 37.7 Å². The molecule has 0 aliphatic heterocycles. The van der Waals surface area contributed by atoms with Crippen molar-refractivity contribution in [2.24, 2.45) is 5.10 Å². The minimum Gasteiger partial charge on any atom is -0.493 e. The van der Waals surface area contributed by atoms with Gasteiger partial charge in [-0.3, -0.25) is 0 Å². The second-order valence-electron chi connectivity index (χ2n) is 5.63. The zero-order chi connectivity index (χ0) is 18.5. The lowest BCUT2D eigenvalue weighted by atomic mass is 10.2. The third-order valence-electron chi connectivity index (χ3n) is 3.66. The van der Waals surface area contributed by atoms with E-state index in [0.29, 0.717) is 28.6 Å². The van der Waals surface area contributed by atoms with E-state index < -0.39 is 0 Å². The highest BCUT2D eigenvalue weighted by Gasteiger charge is 2.10. The Morgan fingerprint density at radius 3 is 2.77 bits per heavy atom. The van der Waals surface area contributed by atoms with E-state index in [1.165, 1.54) is 16.8 Å². The SMILES string of the molecule is COc1cccc(C=Nn2cc(C)nc2N)c1OCc1cccc(F)c1. The molecular formula is C19H19FN4O2. The molecule has 0 aliphatic rings. The minimum absolute atomic E-state index is 0.200. The summed E-state index contributed by atoms with van der Waals surface area (Å²) in [6, 6.07) is 11.7. The van der Waals surface area contributed by atoms with Crippen molar-refractivity contribution < 1.29 is 13.9 Å². The summed E-state index contributed by atoms with van der Waals surface area (Å²) in [5.41, 5.74) is 7.98. The first-order valence-electron chi connectivity index (χ1n) is 7.97. The molecule has 1 aromatic heterocycles. The second kappa shape index (κ2) is 7.69. The van der Waals surface area contributed by atoms with Crippen LogP contribution in [0.1, 0.15) is 16.8 Å². The molecule has 7 heteroatoms. The van der Waals surface area contributed by atoms with Crippen LogP contribution in [0.5, 0.6) is 11.5 Å². The summed E-state index contributed by atoms with van der Waals surface area (Å²) in [6.07, 6.45) is 3.33. The highest BCUT2D eigenvalue weighted by molar-refractivity contribution is 5.85. The molecule has 2 aromatic carbocycles. The number of aromatic nitrogens is 2. The summed E-state index contributed by atoms with van der Waals surface area (Å²) in [7, 11) is 1.56. The topological polar surface area (TPSA) is 74.7 Å². The summed E-state index contributed by atoms with van der Waals surface area (Å²) >= 11 is 0. The van der Waals surface area contributed by atoms with E-state index in [4.69, 9.17) is 15.2 Å². The third kappa shape index (κ3) is 4.00. The van der Waals surface area contributed by atoms with Gasteiger partial charge in [0.15, 0.2) is 11.5 Å². The second-order valence-corrected chi connectivity index (χ2v) is 5.63. The van der Waals surface area contributed by atoms with E-state index in [1.807, 2.05) is 19.1 Å². The molecule has 0 amide bonds. The zero-order valence-electron chi connectivity index (χ0n) is 14.5. The Balaban J connectivity index is 1.87. The summed E-state index contributed by atoms with van der Waals surface area (Å²) < 4.78 is 26.1. The fourth-order valence-corrected chi connectivity index (χ4v) is 2.45. The van der Waals surface area contributed by atoms with Gasteiger partial charge in [-0.15, -0.1) is 0 Å². The van der Waals surface area contributed by atoms with Gasteiger partial charge >= 0.3 is 0 Å². The fourth-order valence-electron chi connectivity index (χ4n) is 2.45. The zero-order valence-corrected chi connectivity index (χ0v) is 14.5. The predicted octanol–water partition coefficient (Wildman–Crippen LogP) is 3.38. The lowest BCUT2D eigenvalue weighted by Gasteiger charge is -2.13. The lowest BCUT2D eigenvalue weighted by molar-refractivity contribution is 0.283. The van der Waals surface area contributed by atoms with Gasteiger partial charge < -0.3 is 15.2 Å². The Labute approximate surface area is 150 Å². The van der Waals surface area contributed by atoms with Crippen molar-refractivity contribution in [1.82, 2.24) is 9.66 Å². The van der Waals surface area contributed by atoms with Crippen molar-refractivity contribution in [3.8, 4) is 11.5 Å². The predicted molar refractivity (Wildman–Crippen MR) is 98.1 cm³/mol. The molecule has 0 spiro atoms. The monoisotopic (exact) mass is 354 g/mol. The fraction of sp³-hybridized carbons (Fsp3) is 0.158. The number of halogens is 1. The Morgan fingerprint density at radius 2 is 2.08 bits per heavy atom. The van der Waals surface area contributed by atoms with Crippen LogP contribution in [0.25, 0.3) is 0 Å². The van der Waals surface area contributed by atoms with E-state index in [2.05, 4.69) is 10.1 Å². The van der Waals surface area contributed by atoms with Gasteiger partial charge in [0.2, 0.25) is 5.95 Å². The summed E-state index contributed by atoms with van der Waals surface area (Å²) in [5, 5.41) is 4.31. The van der Waals surface area contributed by atoms with Crippen molar-refractivity contribution in [3.63, 3.8) is 0 Å². The van der Waals surface area contributed by atoms with Crippen molar-refractivity contribution >= 4 is 12.2 Å². The Morgan fingerprint density at radius 1 is 1.27 bits per heavy atom. The maximum absolute atomic E-state index is 13.3. The number of para-hydroxylation sites is 1. The third-order valence-corrected chi connectivity index (χ3v) is 3.66. The minimum atomic E-state index is -0.307. The molecule has 26 heavy (non-hydrogen) atoms. The van der Waals surface area contributed by atoms with Gasteiger partial charge in [0.05, 0.1) is 25.2 Å². The number of hydrogen-bond donors (Lipinski definition) is 1. The van der Waals surface area contributed by atoms with Crippen molar-refractivity contribution in [1.29, 1.82) is 0 Å². The van der Waals surface area contributed by atoms with Gasteiger partial charge in [-0.05, 0) is 36.8 Å². The molecule has 0 saturated carbocycles. The van der Waals surface area contributed by atoms with Gasteiger partial charge in [-0.2, -0.15) is 5.10 Å². The molecule has 3 rings (SSSR count). The molecule has 0 aliphatic carbocycles. The number of anilines is 1. The highest BCUT2D eigenvalue weighted by Crippen LogP contribution is 2.31. The van der Waals surface area contributed by atoms with Gasteiger partial charge in [0, 0.05) is 5.56 Å². The highest BCUT2D eigenvalue weighted by atomic mass is 19.1. The summed E-state index contributed by atoms with van der Waals surface area (Å²) in [5.74, 6) is 1.06. The molecule has 0 fully saturated rings. The maximum atomic E-state index is 13.3. The van der Waals surface area contributed by atoms with E-state index in [0.717, 1.165) is 5.69 Å². The summed E-state index contributed by atoms with van der Waals surface area (Å²) in [4.78, 5) is 4.10. The smallest absolute Gasteiger partial charge is 0.221 e. The maximum Gasteiger partial charge on any atom is 0.221 e. The summed E-state index contributed by atoms with van der Waals surface area (Å²) in [6.45, 7) is 2.03. The van der Waals surface area contributed by atoms with Crippen LogP contribution in [-0.4, -0.2) is 23.0 Å². The molecule has 1 heterocycles. The average Bonchev–Trinajstić information content (AvgIpc) is 2.95. The number of ether oxygens (including phenoxy) is 2. The molecule has 134 valence electrons. The number of nitrogen functional groups attached to an aromatic ring is 1. The molecule has 0 radical (unpaired) electrons. The van der Waals surface area contributed by atoms with E-state index in [-0.39, 0.29) is 12.4 Å². The van der Waals surface area contributed by atoms with E-state index in [9.17, 15) is 4.39 Å². The van der Waals surface area contributed by atoms with Crippen molar-refractivity contribution in [2.75, 3.05) is 12.8 Å². The molecule has 6 nitrogen and oxygen atoms in total. The molecule has 0 saturated heterocycles. The molecule has 0 bridgehead atoms. The molecule has 3 aromatic rings. The quantitative estimate of drug-likeness (QED) is 0.689. The van der Waals surface area contributed by atoms with Gasteiger partial charge in [-0.1, -0.05) is 18.2 Å². The number of nitrogens with zero attached hydrogens (tertiary/aromatic N) is 3. The first kappa shape index (κ1) is 17.5. The number of benzene rings is 2. The molecule has 0 unspecified atom stereocenters. The van der Waals surface area contributed by atoms with Crippen LogP contribution >= 0.6 is 0 Å². The first-order chi connectivity index (χ1) is 12.6. The lowest BCUT2D eigenvalue weighted by Crippen LogP contribution is -2.02.